The maximum Gasteiger partial charge on any atom is 0.407 e. The number of anilines is 1. The molecule has 0 aliphatic rings. The number of methoxy groups -OCH3 is 1. The van der Waals surface area contributed by atoms with Crippen molar-refractivity contribution in [3.8, 4) is 11.4 Å². The number of amides is 2. The Morgan fingerprint density at radius 2 is 2.09 bits per heavy atom. The fraction of sp³-hybridized carbons (Fsp3) is 0.227. The zero-order valence-corrected chi connectivity index (χ0v) is 17.8. The fourth-order valence-corrected chi connectivity index (χ4v) is 3.21. The molecule has 0 aliphatic heterocycles. The highest BCUT2D eigenvalue weighted by atomic mass is 16.5. The highest BCUT2D eigenvalue weighted by molar-refractivity contribution is 6.04. The summed E-state index contributed by atoms with van der Waals surface area (Å²) in [6.45, 7) is 3.70. The Morgan fingerprint density at radius 3 is 2.91 bits per heavy atom. The normalized spacial score (nSPS) is 11.8. The lowest BCUT2D eigenvalue weighted by Gasteiger charge is -2.10. The first-order chi connectivity index (χ1) is 15.4. The van der Waals surface area contributed by atoms with Gasteiger partial charge in [0.25, 0.3) is 5.91 Å². The lowest BCUT2D eigenvalue weighted by molar-refractivity contribution is 0.102. The molecule has 3 heterocycles. The van der Waals surface area contributed by atoms with E-state index in [0.29, 0.717) is 40.7 Å². The van der Waals surface area contributed by atoms with E-state index in [4.69, 9.17) is 4.52 Å². The highest BCUT2D eigenvalue weighted by Gasteiger charge is 2.17. The highest BCUT2D eigenvalue weighted by Crippen LogP contribution is 2.24. The number of fused-ring (bicyclic) bond motifs is 1. The van der Waals surface area contributed by atoms with Crippen LogP contribution >= 0.6 is 0 Å². The number of pyridine rings is 1. The van der Waals surface area contributed by atoms with Gasteiger partial charge in [-0.15, -0.1) is 0 Å². The number of alkyl carbamates (subject to hydrolysis) is 1. The molecule has 2 N–H and O–H groups in total. The molecule has 0 bridgehead atoms. The number of hydrogen-bond donors (Lipinski definition) is 2. The minimum absolute atomic E-state index is 0.242. The second-order valence-corrected chi connectivity index (χ2v) is 7.31. The van der Waals surface area contributed by atoms with Crippen molar-refractivity contribution in [3.63, 3.8) is 0 Å². The first-order valence-corrected chi connectivity index (χ1v) is 9.96. The van der Waals surface area contributed by atoms with Gasteiger partial charge < -0.3 is 19.9 Å². The number of imidazole rings is 1. The molecule has 0 aliphatic carbocycles. The van der Waals surface area contributed by atoms with E-state index in [2.05, 4.69) is 30.5 Å². The van der Waals surface area contributed by atoms with E-state index in [-0.39, 0.29) is 11.9 Å². The third kappa shape index (κ3) is 4.43. The van der Waals surface area contributed by atoms with Gasteiger partial charge in [0.1, 0.15) is 11.3 Å². The first-order valence-electron chi connectivity index (χ1n) is 9.96. The maximum atomic E-state index is 12.9. The van der Waals surface area contributed by atoms with Crippen LogP contribution in [0.25, 0.3) is 17.0 Å². The lowest BCUT2D eigenvalue weighted by atomic mass is 10.1. The Morgan fingerprint density at radius 1 is 1.25 bits per heavy atom. The van der Waals surface area contributed by atoms with Gasteiger partial charge in [0.2, 0.25) is 11.7 Å². The second kappa shape index (κ2) is 8.88. The molecule has 3 aromatic heterocycles. The summed E-state index contributed by atoms with van der Waals surface area (Å²) in [6.07, 6.45) is 3.16. The van der Waals surface area contributed by atoms with E-state index >= 15 is 0 Å². The first kappa shape index (κ1) is 21.0. The largest absolute Gasteiger partial charge is 0.453 e. The number of hydrogen-bond acceptors (Lipinski definition) is 7. The number of aromatic nitrogens is 4. The van der Waals surface area contributed by atoms with Crippen LogP contribution in [-0.4, -0.2) is 44.7 Å². The van der Waals surface area contributed by atoms with Crippen LogP contribution in [0.2, 0.25) is 0 Å². The van der Waals surface area contributed by atoms with Gasteiger partial charge in [0, 0.05) is 29.9 Å². The number of ether oxygens (including phenoxy) is 1. The third-order valence-corrected chi connectivity index (χ3v) is 4.89. The number of carbonyl (C=O) groups is 2. The summed E-state index contributed by atoms with van der Waals surface area (Å²) in [6, 6.07) is 10.8. The number of aryl methyl sites for hydroxylation is 1. The molecule has 2 amide bonds. The summed E-state index contributed by atoms with van der Waals surface area (Å²) in [7, 11) is 1.30. The molecule has 0 saturated carbocycles. The molecule has 0 spiro atoms. The van der Waals surface area contributed by atoms with Crippen LogP contribution < -0.4 is 10.6 Å². The number of nitrogens with one attached hydrogen (secondary N) is 2. The van der Waals surface area contributed by atoms with Gasteiger partial charge in [-0.3, -0.25) is 9.20 Å². The van der Waals surface area contributed by atoms with Crippen molar-refractivity contribution in [3.05, 3.63) is 65.9 Å². The van der Waals surface area contributed by atoms with Gasteiger partial charge in [0.15, 0.2) is 0 Å². The van der Waals surface area contributed by atoms with Gasteiger partial charge in [-0.1, -0.05) is 23.4 Å². The van der Waals surface area contributed by atoms with Crippen molar-refractivity contribution in [2.24, 2.45) is 0 Å². The Balaban J connectivity index is 1.51. The van der Waals surface area contributed by atoms with E-state index in [1.807, 2.05) is 37.3 Å². The molecule has 4 aromatic rings. The van der Waals surface area contributed by atoms with E-state index in [0.717, 1.165) is 5.56 Å². The number of nitrogens with zero attached hydrogens (tertiary/aromatic N) is 4. The molecular formula is C22H22N6O4. The summed E-state index contributed by atoms with van der Waals surface area (Å²) < 4.78 is 11.6. The molecule has 0 saturated heterocycles. The summed E-state index contributed by atoms with van der Waals surface area (Å²) in [5, 5.41) is 9.61. The van der Waals surface area contributed by atoms with Crippen molar-refractivity contribution in [1.82, 2.24) is 24.8 Å². The van der Waals surface area contributed by atoms with Crippen LogP contribution in [0.1, 0.15) is 28.9 Å². The standard InChI is InChI=1S/C22H22N6O4/c1-13-7-8-15(20-26-19(32-27-20)10-14(2)24-22(30)31-3)11-16(13)25-21(29)17-12-23-18-6-4-5-9-28(17)18/h4-9,11-12,14H,10H2,1-3H3,(H,24,30)(H,25,29). The topological polar surface area (TPSA) is 124 Å². The zero-order chi connectivity index (χ0) is 22.7. The summed E-state index contributed by atoms with van der Waals surface area (Å²) in [5.41, 5.74) is 3.33. The predicted molar refractivity (Wildman–Crippen MR) is 116 cm³/mol. The summed E-state index contributed by atoms with van der Waals surface area (Å²) >= 11 is 0. The van der Waals surface area contributed by atoms with Crippen LogP contribution in [0.4, 0.5) is 10.5 Å². The molecule has 32 heavy (non-hydrogen) atoms. The van der Waals surface area contributed by atoms with E-state index in [9.17, 15) is 9.59 Å². The minimum atomic E-state index is -0.526. The molecule has 1 unspecified atom stereocenters. The summed E-state index contributed by atoms with van der Waals surface area (Å²) in [4.78, 5) is 32.8. The van der Waals surface area contributed by atoms with E-state index in [1.54, 1.807) is 29.8 Å². The quantitative estimate of drug-likeness (QED) is 0.477. The Labute approximate surface area is 183 Å². The van der Waals surface area contributed by atoms with Gasteiger partial charge in [-0.05, 0) is 37.6 Å². The van der Waals surface area contributed by atoms with Crippen molar-refractivity contribution < 1.29 is 18.8 Å². The van der Waals surface area contributed by atoms with Crippen molar-refractivity contribution in [1.29, 1.82) is 0 Å². The average molecular weight is 434 g/mol. The average Bonchev–Trinajstić information content (AvgIpc) is 3.42. The lowest BCUT2D eigenvalue weighted by Crippen LogP contribution is -2.33. The van der Waals surface area contributed by atoms with Crippen LogP contribution in [0.15, 0.2) is 53.3 Å². The Bertz CT molecular complexity index is 1280. The molecular weight excluding hydrogens is 412 g/mol. The number of benzene rings is 1. The molecule has 0 fully saturated rings. The van der Waals surface area contributed by atoms with Gasteiger partial charge in [0.05, 0.1) is 13.3 Å². The minimum Gasteiger partial charge on any atom is -0.453 e. The van der Waals surface area contributed by atoms with Gasteiger partial charge in [-0.2, -0.15) is 4.98 Å². The van der Waals surface area contributed by atoms with Crippen molar-refractivity contribution >= 4 is 23.3 Å². The monoisotopic (exact) mass is 434 g/mol. The number of carbonyl (C=O) groups excluding carboxylic acids is 2. The van der Waals surface area contributed by atoms with Gasteiger partial charge >= 0.3 is 6.09 Å². The maximum absolute atomic E-state index is 12.9. The van der Waals surface area contributed by atoms with E-state index < -0.39 is 6.09 Å². The summed E-state index contributed by atoms with van der Waals surface area (Å²) in [5.74, 6) is 0.483. The van der Waals surface area contributed by atoms with Crippen molar-refractivity contribution in [2.45, 2.75) is 26.3 Å². The van der Waals surface area contributed by atoms with Gasteiger partial charge in [-0.25, -0.2) is 9.78 Å². The molecule has 164 valence electrons. The smallest absolute Gasteiger partial charge is 0.407 e. The Hall–Kier alpha value is -4.21. The van der Waals surface area contributed by atoms with Crippen LogP contribution in [0, 0.1) is 6.92 Å². The van der Waals surface area contributed by atoms with E-state index in [1.165, 1.54) is 7.11 Å². The molecule has 1 aromatic carbocycles. The van der Waals surface area contributed by atoms with Crippen molar-refractivity contribution in [2.75, 3.05) is 12.4 Å². The molecule has 1 atom stereocenters. The van der Waals surface area contributed by atoms with Crippen LogP contribution in [0.5, 0.6) is 0 Å². The zero-order valence-electron chi connectivity index (χ0n) is 17.8. The van der Waals surface area contributed by atoms with Crippen LogP contribution in [0.3, 0.4) is 0 Å². The predicted octanol–water partition coefficient (Wildman–Crippen LogP) is 3.23. The molecule has 10 heteroatoms. The Kier molecular flexibility index (Phi) is 5.84. The number of rotatable bonds is 6. The molecule has 4 rings (SSSR count). The third-order valence-electron chi connectivity index (χ3n) is 4.89. The molecule has 0 radical (unpaired) electrons. The second-order valence-electron chi connectivity index (χ2n) is 7.31. The van der Waals surface area contributed by atoms with Crippen LogP contribution in [-0.2, 0) is 11.2 Å². The molecule has 10 nitrogen and oxygen atoms in total. The SMILES string of the molecule is COC(=O)NC(C)Cc1nc(-c2ccc(C)c(NC(=O)c3cnc4ccccn34)c2)no1. The fourth-order valence-electron chi connectivity index (χ4n) is 3.21.